The van der Waals surface area contributed by atoms with Crippen LogP contribution in [0, 0.1) is 58.2 Å². The lowest BCUT2D eigenvalue weighted by Crippen LogP contribution is -2.59. The number of rotatable bonds is 1. The fraction of sp³-hybridized carbons (Fsp3) is 0.960. The third kappa shape index (κ3) is 2.66. The van der Waals surface area contributed by atoms with Gasteiger partial charge in [0.2, 0.25) is 0 Å². The van der Waals surface area contributed by atoms with E-state index in [0.717, 1.165) is 41.9 Å². The number of carbonyl (C=O) groups excluding carboxylic acids is 1. The molecule has 0 spiro atoms. The number of carbonyl (C=O) groups is 1. The van der Waals surface area contributed by atoms with E-state index in [4.69, 9.17) is 0 Å². The molecular weight excluding hydrogens is 316 g/mol. The Labute approximate surface area is 162 Å². The van der Waals surface area contributed by atoms with Crippen LogP contribution in [0.5, 0.6) is 0 Å². The van der Waals surface area contributed by atoms with E-state index in [1.165, 1.54) is 44.9 Å². The molecule has 4 aliphatic rings. The maximum atomic E-state index is 12.6. The molecule has 0 aromatic rings. The summed E-state index contributed by atoms with van der Waals surface area (Å²) in [7, 11) is 0. The second-order valence-corrected chi connectivity index (χ2v) is 11.8. The van der Waals surface area contributed by atoms with Crippen LogP contribution in [0.15, 0.2) is 0 Å². The summed E-state index contributed by atoms with van der Waals surface area (Å²) in [6.45, 7) is 14.5. The lowest BCUT2D eigenvalue weighted by Gasteiger charge is -2.65. The average Bonchev–Trinajstić information content (AvgIpc) is 2.56. The van der Waals surface area contributed by atoms with Crippen molar-refractivity contribution in [2.75, 3.05) is 0 Å². The van der Waals surface area contributed by atoms with E-state index in [1.54, 1.807) is 0 Å². The molecule has 0 saturated heterocycles. The van der Waals surface area contributed by atoms with Crippen LogP contribution in [-0.2, 0) is 4.79 Å². The summed E-state index contributed by atoms with van der Waals surface area (Å²) >= 11 is 0. The maximum absolute atomic E-state index is 12.6. The molecule has 0 bridgehead atoms. The van der Waals surface area contributed by atoms with Gasteiger partial charge in [0.1, 0.15) is 5.78 Å². The zero-order valence-corrected chi connectivity index (χ0v) is 18.2. The Kier molecular flexibility index (Phi) is 4.64. The Morgan fingerprint density at radius 2 is 1.62 bits per heavy atom. The van der Waals surface area contributed by atoms with E-state index in [-0.39, 0.29) is 5.41 Å². The molecule has 4 rings (SSSR count). The topological polar surface area (TPSA) is 17.1 Å². The van der Waals surface area contributed by atoms with E-state index < -0.39 is 0 Å². The first-order valence-electron chi connectivity index (χ1n) is 11.7. The molecular formula is C25H42O. The first kappa shape index (κ1) is 19.0. The largest absolute Gasteiger partial charge is 0.300 e. The molecule has 7 unspecified atom stereocenters. The third-order valence-electron chi connectivity index (χ3n) is 10.4. The highest BCUT2D eigenvalue weighted by Gasteiger charge is 2.60. The molecule has 0 amide bonds. The summed E-state index contributed by atoms with van der Waals surface area (Å²) in [6.07, 6.45) is 11.1. The summed E-state index contributed by atoms with van der Waals surface area (Å²) in [5.41, 5.74) is 0.880. The standard InChI is InChI=1S/C25H42O/c1-15-7-8-21-19-10-12-25(6)22(18(4)26)13-16(2)17(3)23(25)20(19)9-11-24(21,5)14-15/h15-17,19-23H,7-14H2,1-6H3/t15?,16-,17?,19?,20?,21+,22+,23?,24?,25?/m0/s1. The Balaban J connectivity index is 1.67. The molecule has 4 saturated carbocycles. The predicted molar refractivity (Wildman–Crippen MR) is 109 cm³/mol. The molecule has 1 nitrogen and oxygen atoms in total. The Morgan fingerprint density at radius 1 is 0.923 bits per heavy atom. The fourth-order valence-corrected chi connectivity index (χ4v) is 9.12. The van der Waals surface area contributed by atoms with E-state index in [9.17, 15) is 4.79 Å². The minimum Gasteiger partial charge on any atom is -0.300 e. The van der Waals surface area contributed by atoms with E-state index in [2.05, 4.69) is 34.6 Å². The van der Waals surface area contributed by atoms with Gasteiger partial charge in [-0.25, -0.2) is 0 Å². The fourth-order valence-electron chi connectivity index (χ4n) is 9.12. The highest BCUT2D eigenvalue weighted by Crippen LogP contribution is 2.67. The van der Waals surface area contributed by atoms with Crippen molar-refractivity contribution in [1.29, 1.82) is 0 Å². The average molecular weight is 359 g/mol. The summed E-state index contributed by atoms with van der Waals surface area (Å²) < 4.78 is 0. The minimum atomic E-state index is 0.272. The molecule has 0 N–H and O–H groups in total. The third-order valence-corrected chi connectivity index (χ3v) is 10.4. The van der Waals surface area contributed by atoms with Gasteiger partial charge in [0.05, 0.1) is 0 Å². The minimum absolute atomic E-state index is 0.272. The predicted octanol–water partition coefficient (Wildman–Crippen LogP) is 6.75. The molecule has 0 radical (unpaired) electrons. The van der Waals surface area contributed by atoms with Crippen LogP contribution in [0.25, 0.3) is 0 Å². The van der Waals surface area contributed by atoms with Crippen LogP contribution in [0.1, 0.15) is 92.9 Å². The van der Waals surface area contributed by atoms with Crippen LogP contribution in [-0.4, -0.2) is 5.78 Å². The summed E-state index contributed by atoms with van der Waals surface area (Å²) in [5.74, 6) is 6.79. The Morgan fingerprint density at radius 3 is 2.31 bits per heavy atom. The number of hydrogen-bond donors (Lipinski definition) is 0. The van der Waals surface area contributed by atoms with E-state index >= 15 is 0 Å². The number of Topliss-reactive ketones (excluding diaryl/α,β-unsaturated/α-hetero) is 1. The van der Waals surface area contributed by atoms with Gasteiger partial charge < -0.3 is 0 Å². The lowest BCUT2D eigenvalue weighted by molar-refractivity contribution is -0.168. The van der Waals surface area contributed by atoms with Crippen molar-refractivity contribution < 1.29 is 4.79 Å². The molecule has 0 heterocycles. The molecule has 10 atom stereocenters. The van der Waals surface area contributed by atoms with Crippen molar-refractivity contribution in [3.8, 4) is 0 Å². The van der Waals surface area contributed by atoms with Gasteiger partial charge >= 0.3 is 0 Å². The zero-order chi connectivity index (χ0) is 18.9. The van der Waals surface area contributed by atoms with E-state index in [1.807, 2.05) is 6.92 Å². The van der Waals surface area contributed by atoms with Gasteiger partial charge in [0, 0.05) is 5.92 Å². The van der Waals surface area contributed by atoms with Crippen LogP contribution in [0.3, 0.4) is 0 Å². The van der Waals surface area contributed by atoms with Crippen LogP contribution < -0.4 is 0 Å². The highest BCUT2D eigenvalue weighted by molar-refractivity contribution is 5.79. The molecule has 4 fully saturated rings. The molecule has 26 heavy (non-hydrogen) atoms. The number of hydrogen-bond acceptors (Lipinski definition) is 1. The van der Waals surface area contributed by atoms with Crippen LogP contribution >= 0.6 is 0 Å². The van der Waals surface area contributed by atoms with Crippen LogP contribution in [0.2, 0.25) is 0 Å². The van der Waals surface area contributed by atoms with Gasteiger partial charge in [-0.3, -0.25) is 4.79 Å². The number of ketones is 1. The first-order valence-corrected chi connectivity index (χ1v) is 11.7. The second kappa shape index (κ2) is 6.35. The molecule has 148 valence electrons. The SMILES string of the molecule is CC(=O)[C@H]1C[C@H](C)C(C)C2C3CCC4(C)CC(C)CC[C@@H]4C3CCC21C. The Hall–Kier alpha value is -0.330. The van der Waals surface area contributed by atoms with Crippen molar-refractivity contribution in [2.24, 2.45) is 58.2 Å². The van der Waals surface area contributed by atoms with Crippen molar-refractivity contribution in [3.05, 3.63) is 0 Å². The molecule has 0 aromatic heterocycles. The molecule has 0 aromatic carbocycles. The zero-order valence-electron chi connectivity index (χ0n) is 18.2. The van der Waals surface area contributed by atoms with Crippen molar-refractivity contribution >= 4 is 5.78 Å². The summed E-state index contributed by atoms with van der Waals surface area (Å²) in [6, 6.07) is 0. The molecule has 4 aliphatic carbocycles. The highest BCUT2D eigenvalue weighted by atomic mass is 16.1. The summed E-state index contributed by atoms with van der Waals surface area (Å²) in [4.78, 5) is 12.6. The van der Waals surface area contributed by atoms with Gasteiger partial charge in [0.25, 0.3) is 0 Å². The van der Waals surface area contributed by atoms with Crippen molar-refractivity contribution in [1.82, 2.24) is 0 Å². The number of fused-ring (bicyclic) bond motifs is 5. The quantitative estimate of drug-likeness (QED) is 0.506. The summed E-state index contributed by atoms with van der Waals surface area (Å²) in [5, 5.41) is 0. The van der Waals surface area contributed by atoms with Crippen molar-refractivity contribution in [2.45, 2.75) is 92.9 Å². The monoisotopic (exact) mass is 358 g/mol. The van der Waals surface area contributed by atoms with Gasteiger partial charge in [-0.1, -0.05) is 41.0 Å². The molecule has 0 aliphatic heterocycles. The van der Waals surface area contributed by atoms with Gasteiger partial charge in [-0.05, 0) is 104 Å². The maximum Gasteiger partial charge on any atom is 0.133 e. The lowest BCUT2D eigenvalue weighted by atomic mass is 9.40. The van der Waals surface area contributed by atoms with Gasteiger partial charge in [-0.2, -0.15) is 0 Å². The Bertz CT molecular complexity index is 567. The second-order valence-electron chi connectivity index (χ2n) is 11.8. The smallest absolute Gasteiger partial charge is 0.133 e. The first-order chi connectivity index (χ1) is 12.2. The van der Waals surface area contributed by atoms with E-state index in [0.29, 0.717) is 23.0 Å². The van der Waals surface area contributed by atoms with Gasteiger partial charge in [-0.15, -0.1) is 0 Å². The van der Waals surface area contributed by atoms with Crippen LogP contribution in [0.4, 0.5) is 0 Å². The van der Waals surface area contributed by atoms with Gasteiger partial charge in [0.15, 0.2) is 0 Å². The van der Waals surface area contributed by atoms with Crippen molar-refractivity contribution in [3.63, 3.8) is 0 Å². The molecule has 1 heteroatoms. The normalized spacial score (nSPS) is 56.8.